The molecule has 1 saturated carbocycles. The molecule has 0 radical (unpaired) electrons. The van der Waals surface area contributed by atoms with Crippen molar-refractivity contribution in [2.75, 3.05) is 13.1 Å². The summed E-state index contributed by atoms with van der Waals surface area (Å²) in [4.78, 5) is 15.0. The summed E-state index contributed by atoms with van der Waals surface area (Å²) in [5, 5.41) is 4.45. The smallest absolute Gasteiger partial charge is 0.170 e. The molecule has 1 spiro atoms. The van der Waals surface area contributed by atoms with E-state index in [1.54, 1.807) is 0 Å². The van der Waals surface area contributed by atoms with Crippen LogP contribution in [0.5, 0.6) is 5.75 Å². The van der Waals surface area contributed by atoms with Crippen molar-refractivity contribution in [3.8, 4) is 5.75 Å². The SMILES string of the molecule is Cc1ccc2c(c1C)OC1(CCN(C(=S)NC3CCCCC3)CC1)CC2=O. The standard InChI is InChI=1S/C22H30N2O2S/c1-15-8-9-18-19(25)14-22(26-20(18)16(15)2)10-12-24(13-11-22)21(27)23-17-6-4-3-5-7-17/h8-9,17H,3-7,10-14H2,1-2H3,(H,23,27). The molecule has 1 saturated heterocycles. The lowest BCUT2D eigenvalue weighted by atomic mass is 9.81. The molecule has 0 atom stereocenters. The monoisotopic (exact) mass is 386 g/mol. The lowest BCUT2D eigenvalue weighted by Crippen LogP contribution is -2.55. The number of aryl methyl sites for hydroxylation is 1. The van der Waals surface area contributed by atoms with E-state index in [4.69, 9.17) is 17.0 Å². The Balaban J connectivity index is 1.41. The second kappa shape index (κ2) is 7.42. The largest absolute Gasteiger partial charge is 0.486 e. The van der Waals surface area contributed by atoms with Crippen LogP contribution >= 0.6 is 12.2 Å². The van der Waals surface area contributed by atoms with Crippen molar-refractivity contribution >= 4 is 23.1 Å². The molecule has 1 N–H and O–H groups in total. The zero-order valence-corrected chi connectivity index (χ0v) is 17.3. The Morgan fingerprint density at radius 2 is 1.89 bits per heavy atom. The van der Waals surface area contributed by atoms with E-state index < -0.39 is 0 Å². The van der Waals surface area contributed by atoms with Crippen LogP contribution in [0.1, 0.15) is 72.9 Å². The third-order valence-electron chi connectivity index (χ3n) is 6.67. The Morgan fingerprint density at radius 1 is 1.19 bits per heavy atom. The van der Waals surface area contributed by atoms with Gasteiger partial charge in [0.05, 0.1) is 12.0 Å². The van der Waals surface area contributed by atoms with E-state index in [1.807, 2.05) is 12.1 Å². The van der Waals surface area contributed by atoms with E-state index in [2.05, 4.69) is 24.1 Å². The van der Waals surface area contributed by atoms with Gasteiger partial charge in [0.15, 0.2) is 10.9 Å². The normalized spacial score (nSPS) is 22.3. The van der Waals surface area contributed by atoms with Gasteiger partial charge in [-0.2, -0.15) is 0 Å². The van der Waals surface area contributed by atoms with Gasteiger partial charge >= 0.3 is 0 Å². The van der Waals surface area contributed by atoms with Crippen LogP contribution in [0.15, 0.2) is 12.1 Å². The van der Waals surface area contributed by atoms with Crippen molar-refractivity contribution in [2.24, 2.45) is 0 Å². The molecule has 0 bridgehead atoms. The predicted molar refractivity (Wildman–Crippen MR) is 112 cm³/mol. The number of nitrogens with one attached hydrogen (secondary N) is 1. The fourth-order valence-electron chi connectivity index (χ4n) is 4.69. The summed E-state index contributed by atoms with van der Waals surface area (Å²) in [6.45, 7) is 5.83. The molecule has 4 nitrogen and oxygen atoms in total. The molecule has 27 heavy (non-hydrogen) atoms. The molecule has 4 rings (SSSR count). The highest BCUT2D eigenvalue weighted by Crippen LogP contribution is 2.41. The Bertz CT molecular complexity index is 747. The number of carbonyl (C=O) groups is 1. The third-order valence-corrected chi connectivity index (χ3v) is 7.05. The maximum absolute atomic E-state index is 12.8. The Morgan fingerprint density at radius 3 is 2.59 bits per heavy atom. The molecular formula is C22H30N2O2S. The summed E-state index contributed by atoms with van der Waals surface area (Å²) in [6, 6.07) is 4.48. The number of ketones is 1. The minimum atomic E-state index is -0.362. The van der Waals surface area contributed by atoms with Crippen LogP contribution in [0.3, 0.4) is 0 Å². The fraction of sp³-hybridized carbons (Fsp3) is 0.636. The minimum Gasteiger partial charge on any atom is -0.486 e. The van der Waals surface area contributed by atoms with Crippen molar-refractivity contribution in [2.45, 2.75) is 76.9 Å². The highest BCUT2D eigenvalue weighted by molar-refractivity contribution is 7.80. The second-order valence-corrected chi connectivity index (χ2v) is 8.93. The number of Topliss-reactive ketones (excluding diaryl/α,β-unsaturated/α-hetero) is 1. The average Bonchev–Trinajstić information content (AvgIpc) is 2.66. The highest BCUT2D eigenvalue weighted by Gasteiger charge is 2.44. The molecule has 0 amide bonds. The number of thiocarbonyl (C=S) groups is 1. The first-order valence-corrected chi connectivity index (χ1v) is 10.8. The zero-order chi connectivity index (χ0) is 19.0. The summed E-state index contributed by atoms with van der Waals surface area (Å²) in [5.41, 5.74) is 2.66. The Hall–Kier alpha value is -1.62. The van der Waals surface area contributed by atoms with Crippen LogP contribution in [0.2, 0.25) is 0 Å². The summed E-state index contributed by atoms with van der Waals surface area (Å²) >= 11 is 5.68. The molecule has 1 aliphatic carbocycles. The predicted octanol–water partition coefficient (Wildman–Crippen LogP) is 4.31. The van der Waals surface area contributed by atoms with Crippen molar-refractivity contribution in [3.63, 3.8) is 0 Å². The third kappa shape index (κ3) is 3.71. The van der Waals surface area contributed by atoms with Crippen LogP contribution < -0.4 is 10.1 Å². The number of hydrogen-bond donors (Lipinski definition) is 1. The molecule has 2 heterocycles. The molecular weight excluding hydrogens is 356 g/mol. The lowest BCUT2D eigenvalue weighted by Gasteiger charge is -2.45. The first-order valence-electron chi connectivity index (χ1n) is 10.4. The van der Waals surface area contributed by atoms with E-state index in [0.29, 0.717) is 12.5 Å². The van der Waals surface area contributed by atoms with E-state index in [-0.39, 0.29) is 11.4 Å². The molecule has 2 fully saturated rings. The van der Waals surface area contributed by atoms with Gasteiger partial charge in [-0.3, -0.25) is 4.79 Å². The number of piperidine rings is 1. The summed E-state index contributed by atoms with van der Waals surface area (Å²) in [5.74, 6) is 1.03. The van der Waals surface area contributed by atoms with Crippen LogP contribution in [-0.4, -0.2) is 40.5 Å². The van der Waals surface area contributed by atoms with Gasteiger partial charge in [-0.05, 0) is 56.1 Å². The number of fused-ring (bicyclic) bond motifs is 1. The molecule has 3 aliphatic rings. The van der Waals surface area contributed by atoms with Gasteiger partial charge in [0.1, 0.15) is 11.4 Å². The topological polar surface area (TPSA) is 41.6 Å². The van der Waals surface area contributed by atoms with E-state index in [0.717, 1.165) is 47.9 Å². The maximum Gasteiger partial charge on any atom is 0.170 e. The van der Waals surface area contributed by atoms with E-state index in [1.165, 1.54) is 37.7 Å². The average molecular weight is 387 g/mol. The van der Waals surface area contributed by atoms with Gasteiger partial charge in [-0.15, -0.1) is 0 Å². The lowest BCUT2D eigenvalue weighted by molar-refractivity contribution is 0.00290. The molecule has 1 aromatic carbocycles. The fourth-order valence-corrected chi connectivity index (χ4v) is 5.04. The first-order chi connectivity index (χ1) is 13.0. The van der Waals surface area contributed by atoms with Crippen molar-refractivity contribution in [1.82, 2.24) is 10.2 Å². The van der Waals surface area contributed by atoms with Crippen molar-refractivity contribution < 1.29 is 9.53 Å². The Labute approximate surface area is 167 Å². The number of carbonyl (C=O) groups excluding carboxylic acids is 1. The summed E-state index contributed by atoms with van der Waals surface area (Å²) in [6.07, 6.45) is 8.59. The van der Waals surface area contributed by atoms with Crippen LogP contribution in [0.4, 0.5) is 0 Å². The van der Waals surface area contributed by atoms with E-state index >= 15 is 0 Å². The molecule has 0 unspecified atom stereocenters. The van der Waals surface area contributed by atoms with Gasteiger partial charge in [0.2, 0.25) is 0 Å². The molecule has 5 heteroatoms. The number of rotatable bonds is 1. The van der Waals surface area contributed by atoms with Crippen molar-refractivity contribution in [3.05, 3.63) is 28.8 Å². The second-order valence-electron chi connectivity index (χ2n) is 8.54. The van der Waals surface area contributed by atoms with Gasteiger partial charge in [0.25, 0.3) is 0 Å². The van der Waals surface area contributed by atoms with Gasteiger partial charge < -0.3 is 15.0 Å². The van der Waals surface area contributed by atoms with Crippen LogP contribution in [-0.2, 0) is 0 Å². The summed E-state index contributed by atoms with van der Waals surface area (Å²) in [7, 11) is 0. The number of likely N-dealkylation sites (tertiary alicyclic amines) is 1. The molecule has 0 aromatic heterocycles. The van der Waals surface area contributed by atoms with Gasteiger partial charge in [-0.1, -0.05) is 25.3 Å². The minimum absolute atomic E-state index is 0.218. The first kappa shape index (κ1) is 18.7. The molecule has 2 aliphatic heterocycles. The zero-order valence-electron chi connectivity index (χ0n) is 16.5. The van der Waals surface area contributed by atoms with Crippen LogP contribution in [0.25, 0.3) is 0 Å². The maximum atomic E-state index is 12.8. The number of benzene rings is 1. The summed E-state index contributed by atoms with van der Waals surface area (Å²) < 4.78 is 6.51. The quantitative estimate of drug-likeness (QED) is 0.729. The highest BCUT2D eigenvalue weighted by atomic mass is 32.1. The molecule has 1 aromatic rings. The van der Waals surface area contributed by atoms with Crippen molar-refractivity contribution in [1.29, 1.82) is 0 Å². The number of hydrogen-bond acceptors (Lipinski definition) is 3. The number of ether oxygens (including phenoxy) is 1. The van der Waals surface area contributed by atoms with Gasteiger partial charge in [-0.25, -0.2) is 0 Å². The van der Waals surface area contributed by atoms with Gasteiger partial charge in [0, 0.05) is 32.0 Å². The van der Waals surface area contributed by atoms with Crippen LogP contribution in [0, 0.1) is 13.8 Å². The van der Waals surface area contributed by atoms with E-state index in [9.17, 15) is 4.79 Å². The molecule has 146 valence electrons. The Kier molecular flexibility index (Phi) is 5.15. The number of nitrogens with zero attached hydrogens (tertiary/aromatic N) is 1.